The standard InChI is InChI=1S/C18H25Cl2NO/c1-18(2,3)12-7-9-13(10-8-12)21-17(22)11-14-15(19)5-4-6-16(14)20/h4-6,12-13H,7-11H2,1-3H3,(H,21,22). The van der Waals surface area contributed by atoms with Crippen LogP contribution in [0.25, 0.3) is 0 Å². The number of carbonyl (C=O) groups is 1. The van der Waals surface area contributed by atoms with Crippen LogP contribution in [-0.4, -0.2) is 11.9 Å². The topological polar surface area (TPSA) is 29.1 Å². The predicted octanol–water partition coefficient (Wildman–Crippen LogP) is 5.26. The van der Waals surface area contributed by atoms with Crippen molar-refractivity contribution in [2.45, 2.75) is 58.9 Å². The molecule has 0 aliphatic heterocycles. The fraction of sp³-hybridized carbons (Fsp3) is 0.611. The zero-order valence-corrected chi connectivity index (χ0v) is 15.1. The summed E-state index contributed by atoms with van der Waals surface area (Å²) in [6.07, 6.45) is 4.73. The lowest BCUT2D eigenvalue weighted by Crippen LogP contribution is -2.40. The Bertz CT molecular complexity index is 508. The molecule has 0 aromatic heterocycles. The molecule has 4 heteroatoms. The van der Waals surface area contributed by atoms with Gasteiger partial charge in [-0.15, -0.1) is 0 Å². The number of carbonyl (C=O) groups excluding carboxylic acids is 1. The maximum atomic E-state index is 12.2. The highest BCUT2D eigenvalue weighted by atomic mass is 35.5. The van der Waals surface area contributed by atoms with Crippen molar-refractivity contribution in [3.05, 3.63) is 33.8 Å². The lowest BCUT2D eigenvalue weighted by atomic mass is 9.71. The average Bonchev–Trinajstić information content (AvgIpc) is 2.43. The number of halogens is 2. The second kappa shape index (κ2) is 7.23. The molecule has 0 saturated heterocycles. The molecule has 0 bridgehead atoms. The van der Waals surface area contributed by atoms with E-state index >= 15 is 0 Å². The molecule has 1 N–H and O–H groups in total. The second-order valence-corrected chi connectivity index (χ2v) is 8.17. The summed E-state index contributed by atoms with van der Waals surface area (Å²) in [5.74, 6) is 0.757. The summed E-state index contributed by atoms with van der Waals surface area (Å²) in [5, 5.41) is 4.25. The van der Waals surface area contributed by atoms with E-state index in [0.717, 1.165) is 18.8 Å². The molecular weight excluding hydrogens is 317 g/mol. The highest BCUT2D eigenvalue weighted by molar-refractivity contribution is 6.36. The summed E-state index contributed by atoms with van der Waals surface area (Å²) >= 11 is 12.2. The van der Waals surface area contributed by atoms with Crippen molar-refractivity contribution in [2.24, 2.45) is 11.3 Å². The van der Waals surface area contributed by atoms with Crippen molar-refractivity contribution in [3.63, 3.8) is 0 Å². The molecule has 22 heavy (non-hydrogen) atoms. The van der Waals surface area contributed by atoms with E-state index in [0.29, 0.717) is 21.0 Å². The van der Waals surface area contributed by atoms with Crippen LogP contribution in [0.2, 0.25) is 10.0 Å². The van der Waals surface area contributed by atoms with Crippen LogP contribution in [-0.2, 0) is 11.2 Å². The largest absolute Gasteiger partial charge is 0.353 e. The number of hydrogen-bond acceptors (Lipinski definition) is 1. The fourth-order valence-corrected chi connectivity index (χ4v) is 3.78. The summed E-state index contributed by atoms with van der Waals surface area (Å²) in [7, 11) is 0. The van der Waals surface area contributed by atoms with Crippen LogP contribution in [0.3, 0.4) is 0 Å². The molecule has 122 valence electrons. The Hall–Kier alpha value is -0.730. The molecular formula is C18H25Cl2NO. The van der Waals surface area contributed by atoms with Crippen LogP contribution in [0.5, 0.6) is 0 Å². The van der Waals surface area contributed by atoms with E-state index in [1.54, 1.807) is 18.2 Å². The summed E-state index contributed by atoms with van der Waals surface area (Å²) in [4.78, 5) is 12.2. The smallest absolute Gasteiger partial charge is 0.224 e. The minimum absolute atomic E-state index is 0.00853. The van der Waals surface area contributed by atoms with Gasteiger partial charge in [0.1, 0.15) is 0 Å². The molecule has 2 rings (SSSR count). The van der Waals surface area contributed by atoms with E-state index in [4.69, 9.17) is 23.2 Å². The van der Waals surface area contributed by atoms with Crippen LogP contribution in [0, 0.1) is 11.3 Å². The third-order valence-corrected chi connectivity index (χ3v) is 5.42. The third-order valence-electron chi connectivity index (χ3n) is 4.72. The van der Waals surface area contributed by atoms with E-state index in [2.05, 4.69) is 26.1 Å². The van der Waals surface area contributed by atoms with Crippen molar-refractivity contribution in [1.29, 1.82) is 0 Å². The van der Waals surface area contributed by atoms with E-state index in [1.807, 2.05) is 0 Å². The Morgan fingerprint density at radius 1 is 1.14 bits per heavy atom. The van der Waals surface area contributed by atoms with E-state index in [9.17, 15) is 4.79 Å². The number of rotatable bonds is 3. The van der Waals surface area contributed by atoms with Gasteiger partial charge in [-0.3, -0.25) is 4.79 Å². The van der Waals surface area contributed by atoms with Gasteiger partial charge < -0.3 is 5.32 Å². The van der Waals surface area contributed by atoms with E-state index < -0.39 is 0 Å². The van der Waals surface area contributed by atoms with E-state index in [-0.39, 0.29) is 18.4 Å². The summed E-state index contributed by atoms with van der Waals surface area (Å²) in [6, 6.07) is 5.61. The Balaban J connectivity index is 1.86. The van der Waals surface area contributed by atoms with Gasteiger partial charge in [0.15, 0.2) is 0 Å². The van der Waals surface area contributed by atoms with Crippen molar-refractivity contribution in [2.75, 3.05) is 0 Å². The van der Waals surface area contributed by atoms with Gasteiger partial charge in [0.2, 0.25) is 5.91 Å². The Morgan fingerprint density at radius 2 is 1.68 bits per heavy atom. The second-order valence-electron chi connectivity index (χ2n) is 7.36. The number of amides is 1. The molecule has 0 heterocycles. The minimum Gasteiger partial charge on any atom is -0.353 e. The zero-order valence-electron chi connectivity index (χ0n) is 13.6. The average molecular weight is 342 g/mol. The molecule has 1 saturated carbocycles. The van der Waals surface area contributed by atoms with Crippen LogP contribution in [0.15, 0.2) is 18.2 Å². The molecule has 1 aromatic rings. The molecule has 0 atom stereocenters. The van der Waals surface area contributed by atoms with Gasteiger partial charge in [0, 0.05) is 16.1 Å². The quantitative estimate of drug-likeness (QED) is 0.798. The van der Waals surface area contributed by atoms with Gasteiger partial charge in [-0.25, -0.2) is 0 Å². The normalized spacial score (nSPS) is 22.4. The first-order valence-corrected chi connectivity index (χ1v) is 8.75. The Labute approximate surface area is 143 Å². The Kier molecular flexibility index (Phi) is 5.79. The monoisotopic (exact) mass is 341 g/mol. The van der Waals surface area contributed by atoms with Crippen molar-refractivity contribution >= 4 is 29.1 Å². The first-order valence-electron chi connectivity index (χ1n) is 7.99. The number of nitrogens with one attached hydrogen (secondary N) is 1. The van der Waals surface area contributed by atoms with Crippen molar-refractivity contribution in [3.8, 4) is 0 Å². The molecule has 1 fully saturated rings. The lowest BCUT2D eigenvalue weighted by molar-refractivity contribution is -0.121. The van der Waals surface area contributed by atoms with Crippen molar-refractivity contribution in [1.82, 2.24) is 5.32 Å². The van der Waals surface area contributed by atoms with Crippen LogP contribution in [0.1, 0.15) is 52.0 Å². The lowest BCUT2D eigenvalue weighted by Gasteiger charge is -2.37. The van der Waals surface area contributed by atoms with Crippen LogP contribution < -0.4 is 5.32 Å². The van der Waals surface area contributed by atoms with Gasteiger partial charge in [-0.1, -0.05) is 50.0 Å². The van der Waals surface area contributed by atoms with E-state index in [1.165, 1.54) is 12.8 Å². The predicted molar refractivity (Wildman–Crippen MR) is 93.5 cm³/mol. The van der Waals surface area contributed by atoms with Gasteiger partial charge in [0.25, 0.3) is 0 Å². The molecule has 0 spiro atoms. The highest BCUT2D eigenvalue weighted by Gasteiger charge is 2.30. The van der Waals surface area contributed by atoms with Gasteiger partial charge >= 0.3 is 0 Å². The molecule has 2 nitrogen and oxygen atoms in total. The maximum Gasteiger partial charge on any atom is 0.224 e. The molecule has 0 radical (unpaired) electrons. The first kappa shape index (κ1) is 17.6. The molecule has 1 aliphatic carbocycles. The zero-order chi connectivity index (χ0) is 16.3. The summed E-state index contributed by atoms with van der Waals surface area (Å²) in [6.45, 7) is 6.90. The fourth-order valence-electron chi connectivity index (χ4n) is 3.24. The highest BCUT2D eigenvalue weighted by Crippen LogP contribution is 2.37. The van der Waals surface area contributed by atoms with Crippen molar-refractivity contribution < 1.29 is 4.79 Å². The molecule has 1 amide bonds. The van der Waals surface area contributed by atoms with Crippen LogP contribution in [0.4, 0.5) is 0 Å². The van der Waals surface area contributed by atoms with Gasteiger partial charge in [0.05, 0.1) is 6.42 Å². The minimum atomic E-state index is 0.00853. The SMILES string of the molecule is CC(C)(C)C1CCC(NC(=O)Cc2c(Cl)cccc2Cl)CC1. The maximum absolute atomic E-state index is 12.2. The van der Waals surface area contributed by atoms with Gasteiger partial charge in [-0.2, -0.15) is 0 Å². The summed E-state index contributed by atoms with van der Waals surface area (Å²) < 4.78 is 0. The Morgan fingerprint density at radius 3 is 2.18 bits per heavy atom. The van der Waals surface area contributed by atoms with Gasteiger partial charge in [-0.05, 0) is 54.7 Å². The first-order chi connectivity index (χ1) is 10.3. The molecule has 0 unspecified atom stereocenters. The molecule has 1 aromatic carbocycles. The number of benzene rings is 1. The summed E-state index contributed by atoms with van der Waals surface area (Å²) in [5.41, 5.74) is 1.08. The molecule has 1 aliphatic rings. The number of hydrogen-bond donors (Lipinski definition) is 1. The third kappa shape index (κ3) is 4.63. The van der Waals surface area contributed by atoms with Crippen LogP contribution >= 0.6 is 23.2 Å².